The SMILES string of the molecule is COc1cccc(N2CC3(CC4CCCNC4C3)N(C(C)C)C2=O)c1. The number of nitrogens with zero attached hydrogens (tertiary/aromatic N) is 2. The molecule has 0 bridgehead atoms. The molecule has 2 saturated heterocycles. The Labute approximate surface area is 150 Å². The number of ether oxygens (including phenoxy) is 1. The molecule has 1 aliphatic carbocycles. The Hall–Kier alpha value is -1.75. The lowest BCUT2D eigenvalue weighted by Gasteiger charge is -2.36. The molecule has 2 amide bonds. The summed E-state index contributed by atoms with van der Waals surface area (Å²) < 4.78 is 5.36. The number of carbonyl (C=O) groups excluding carboxylic acids is 1. The Kier molecular flexibility index (Phi) is 4.14. The number of anilines is 1. The van der Waals surface area contributed by atoms with E-state index in [9.17, 15) is 4.79 Å². The first-order valence-electron chi connectivity index (χ1n) is 9.52. The Morgan fingerprint density at radius 1 is 1.32 bits per heavy atom. The van der Waals surface area contributed by atoms with E-state index in [2.05, 4.69) is 24.1 Å². The number of hydrogen-bond acceptors (Lipinski definition) is 3. The zero-order valence-electron chi connectivity index (χ0n) is 15.5. The second-order valence-corrected chi connectivity index (χ2v) is 8.13. The van der Waals surface area contributed by atoms with Crippen LogP contribution >= 0.6 is 0 Å². The highest BCUT2D eigenvalue weighted by atomic mass is 16.5. The Morgan fingerprint density at radius 2 is 2.16 bits per heavy atom. The molecule has 136 valence electrons. The van der Waals surface area contributed by atoms with Crippen molar-refractivity contribution in [2.24, 2.45) is 5.92 Å². The van der Waals surface area contributed by atoms with Crippen LogP contribution in [0.2, 0.25) is 0 Å². The minimum Gasteiger partial charge on any atom is -0.497 e. The van der Waals surface area contributed by atoms with E-state index >= 15 is 0 Å². The quantitative estimate of drug-likeness (QED) is 0.916. The van der Waals surface area contributed by atoms with Crippen molar-refractivity contribution in [3.63, 3.8) is 0 Å². The molecule has 3 atom stereocenters. The van der Waals surface area contributed by atoms with Crippen LogP contribution in [0.5, 0.6) is 5.75 Å². The first-order valence-corrected chi connectivity index (χ1v) is 9.52. The summed E-state index contributed by atoms with van der Waals surface area (Å²) in [6, 6.07) is 8.78. The molecule has 5 heteroatoms. The predicted molar refractivity (Wildman–Crippen MR) is 99.2 cm³/mol. The largest absolute Gasteiger partial charge is 0.497 e. The van der Waals surface area contributed by atoms with Gasteiger partial charge in [0.05, 0.1) is 19.2 Å². The van der Waals surface area contributed by atoms with Crippen molar-refractivity contribution in [1.82, 2.24) is 10.2 Å². The van der Waals surface area contributed by atoms with Crippen molar-refractivity contribution >= 4 is 11.7 Å². The summed E-state index contributed by atoms with van der Waals surface area (Å²) in [6.45, 7) is 6.19. The smallest absolute Gasteiger partial charge is 0.325 e. The topological polar surface area (TPSA) is 44.8 Å². The van der Waals surface area contributed by atoms with E-state index in [4.69, 9.17) is 4.74 Å². The number of methoxy groups -OCH3 is 1. The van der Waals surface area contributed by atoms with E-state index in [1.165, 1.54) is 12.8 Å². The summed E-state index contributed by atoms with van der Waals surface area (Å²) in [5, 5.41) is 3.70. The third-order valence-corrected chi connectivity index (χ3v) is 6.25. The fraction of sp³-hybridized carbons (Fsp3) is 0.650. The number of nitrogens with one attached hydrogen (secondary N) is 1. The van der Waals surface area contributed by atoms with Gasteiger partial charge in [-0.15, -0.1) is 0 Å². The Bertz CT molecular complexity index is 646. The molecule has 1 spiro atoms. The first-order chi connectivity index (χ1) is 12.0. The molecule has 25 heavy (non-hydrogen) atoms. The average Bonchev–Trinajstić information content (AvgIpc) is 3.11. The highest BCUT2D eigenvalue weighted by Gasteiger charge is 2.57. The number of fused-ring (bicyclic) bond motifs is 1. The van der Waals surface area contributed by atoms with E-state index in [1.807, 2.05) is 29.2 Å². The van der Waals surface area contributed by atoms with Gasteiger partial charge in [-0.25, -0.2) is 4.79 Å². The van der Waals surface area contributed by atoms with Crippen LogP contribution in [-0.4, -0.2) is 48.8 Å². The van der Waals surface area contributed by atoms with E-state index in [0.29, 0.717) is 12.0 Å². The second-order valence-electron chi connectivity index (χ2n) is 8.13. The number of hydrogen-bond donors (Lipinski definition) is 1. The zero-order chi connectivity index (χ0) is 17.6. The number of rotatable bonds is 3. The molecule has 3 aliphatic rings. The van der Waals surface area contributed by atoms with Gasteiger partial charge in [-0.2, -0.15) is 0 Å². The molecule has 3 unspecified atom stereocenters. The molecule has 1 saturated carbocycles. The van der Waals surface area contributed by atoms with Crippen molar-refractivity contribution in [3.05, 3.63) is 24.3 Å². The van der Waals surface area contributed by atoms with E-state index in [0.717, 1.165) is 37.4 Å². The number of carbonyl (C=O) groups is 1. The molecule has 1 aromatic rings. The fourth-order valence-electron chi connectivity index (χ4n) is 5.33. The molecule has 4 rings (SSSR count). The maximum Gasteiger partial charge on any atom is 0.325 e. The summed E-state index contributed by atoms with van der Waals surface area (Å²) >= 11 is 0. The summed E-state index contributed by atoms with van der Waals surface area (Å²) in [6.07, 6.45) is 4.74. The number of benzene rings is 1. The van der Waals surface area contributed by atoms with E-state index in [1.54, 1.807) is 7.11 Å². The summed E-state index contributed by atoms with van der Waals surface area (Å²) in [4.78, 5) is 17.4. The third kappa shape index (κ3) is 2.69. The minimum absolute atomic E-state index is 0.0407. The number of urea groups is 1. The first kappa shape index (κ1) is 16.7. The minimum atomic E-state index is -0.0407. The molecular weight excluding hydrogens is 314 g/mol. The summed E-state index contributed by atoms with van der Waals surface area (Å²) in [5.74, 6) is 1.50. The molecule has 1 N–H and O–H groups in total. The van der Waals surface area contributed by atoms with Gasteiger partial charge in [0.15, 0.2) is 0 Å². The van der Waals surface area contributed by atoms with Crippen molar-refractivity contribution < 1.29 is 9.53 Å². The highest BCUT2D eigenvalue weighted by Crippen LogP contribution is 2.48. The van der Waals surface area contributed by atoms with Crippen LogP contribution in [0.3, 0.4) is 0 Å². The standard InChI is InChI=1S/C20H29N3O2/c1-14(2)23-19(24)22(16-7-4-8-17(10-16)25-3)13-20(23)11-15-6-5-9-21-18(15)12-20/h4,7-8,10,14-15,18,21H,5-6,9,11-13H2,1-3H3. The molecule has 2 heterocycles. The van der Waals surface area contributed by atoms with Gasteiger partial charge in [0.1, 0.15) is 5.75 Å². The van der Waals surface area contributed by atoms with Crippen LogP contribution in [0.15, 0.2) is 24.3 Å². The predicted octanol–water partition coefficient (Wildman–Crippen LogP) is 3.25. The second kappa shape index (κ2) is 6.20. The molecule has 2 aliphatic heterocycles. The maximum atomic E-state index is 13.3. The lowest BCUT2D eigenvalue weighted by Crippen LogP contribution is -2.49. The normalized spacial score (nSPS) is 31.9. The van der Waals surface area contributed by atoms with Gasteiger partial charge >= 0.3 is 6.03 Å². The van der Waals surface area contributed by atoms with Crippen LogP contribution in [0.25, 0.3) is 0 Å². The van der Waals surface area contributed by atoms with E-state index in [-0.39, 0.29) is 17.6 Å². The van der Waals surface area contributed by atoms with Gasteiger partial charge < -0.3 is 15.0 Å². The van der Waals surface area contributed by atoms with Crippen LogP contribution in [0, 0.1) is 5.92 Å². The molecule has 3 fully saturated rings. The van der Waals surface area contributed by atoms with Crippen LogP contribution < -0.4 is 15.0 Å². The number of amides is 2. The number of piperidine rings is 1. The average molecular weight is 343 g/mol. The van der Waals surface area contributed by atoms with Gasteiger partial charge in [0, 0.05) is 23.8 Å². The third-order valence-electron chi connectivity index (χ3n) is 6.25. The van der Waals surface area contributed by atoms with Gasteiger partial charge in [0.2, 0.25) is 0 Å². The lowest BCUT2D eigenvalue weighted by atomic mass is 9.91. The molecule has 0 aromatic heterocycles. The molecular formula is C20H29N3O2. The molecule has 0 radical (unpaired) electrons. The van der Waals surface area contributed by atoms with Gasteiger partial charge in [-0.3, -0.25) is 4.90 Å². The van der Waals surface area contributed by atoms with Gasteiger partial charge in [0.25, 0.3) is 0 Å². The van der Waals surface area contributed by atoms with Crippen molar-refractivity contribution in [2.75, 3.05) is 25.1 Å². The van der Waals surface area contributed by atoms with Crippen molar-refractivity contribution in [1.29, 1.82) is 0 Å². The van der Waals surface area contributed by atoms with Gasteiger partial charge in [-0.1, -0.05) is 6.07 Å². The monoisotopic (exact) mass is 343 g/mol. The zero-order valence-corrected chi connectivity index (χ0v) is 15.5. The van der Waals surface area contributed by atoms with Gasteiger partial charge in [-0.05, 0) is 64.1 Å². The maximum absolute atomic E-state index is 13.3. The summed E-state index contributed by atoms with van der Waals surface area (Å²) in [7, 11) is 1.67. The fourth-order valence-corrected chi connectivity index (χ4v) is 5.33. The molecule has 5 nitrogen and oxygen atoms in total. The summed E-state index contributed by atoms with van der Waals surface area (Å²) in [5.41, 5.74) is 0.899. The Morgan fingerprint density at radius 3 is 2.88 bits per heavy atom. The Balaban J connectivity index is 1.67. The molecule has 1 aromatic carbocycles. The van der Waals surface area contributed by atoms with Crippen molar-refractivity contribution in [2.45, 2.75) is 57.2 Å². The highest BCUT2D eigenvalue weighted by molar-refractivity contribution is 5.96. The van der Waals surface area contributed by atoms with Crippen LogP contribution in [0.1, 0.15) is 39.5 Å². The lowest BCUT2D eigenvalue weighted by molar-refractivity contribution is 0.129. The van der Waals surface area contributed by atoms with Crippen LogP contribution in [-0.2, 0) is 0 Å². The van der Waals surface area contributed by atoms with Crippen molar-refractivity contribution in [3.8, 4) is 5.75 Å². The van der Waals surface area contributed by atoms with E-state index < -0.39 is 0 Å². The van der Waals surface area contributed by atoms with Crippen LogP contribution in [0.4, 0.5) is 10.5 Å².